The molecule has 4 rings (SSSR count). The zero-order valence-electron chi connectivity index (χ0n) is 15.6. The van der Waals surface area contributed by atoms with Gasteiger partial charge in [0.05, 0.1) is 22.7 Å². The minimum atomic E-state index is -5.29. The van der Waals surface area contributed by atoms with Crippen LogP contribution in [0.5, 0.6) is 0 Å². The van der Waals surface area contributed by atoms with Gasteiger partial charge >= 0.3 is 12.4 Å². The van der Waals surface area contributed by atoms with Crippen molar-refractivity contribution in [3.8, 4) is 10.6 Å². The molecular weight excluding hydrogens is 482 g/mol. The molecule has 0 aliphatic carbocycles. The van der Waals surface area contributed by atoms with E-state index in [9.17, 15) is 31.4 Å². The van der Waals surface area contributed by atoms with Crippen LogP contribution in [-0.2, 0) is 6.18 Å². The topological polar surface area (TPSA) is 61.6 Å². The number of hydrogen-bond donors (Lipinski definition) is 1. The highest BCUT2D eigenvalue weighted by atomic mass is 35.5. The number of alkyl halides is 6. The maximum atomic E-state index is 13.9. The summed E-state index contributed by atoms with van der Waals surface area (Å²) in [6.45, 7) is 0. The molecule has 3 heterocycles. The Morgan fingerprint density at radius 1 is 1.03 bits per heavy atom. The fraction of sp³-hybridized carbons (Fsp3) is 0.211. The van der Waals surface area contributed by atoms with Crippen LogP contribution >= 0.6 is 22.9 Å². The highest BCUT2D eigenvalue weighted by molar-refractivity contribution is 7.13. The highest BCUT2D eigenvalue weighted by Crippen LogP contribution is 2.44. The summed E-state index contributed by atoms with van der Waals surface area (Å²) >= 11 is 6.83. The van der Waals surface area contributed by atoms with Crippen molar-refractivity contribution in [1.82, 2.24) is 9.97 Å². The SMILES string of the molecule is O[C@]1(C(F)(F)F)CC(c2ccc(Cl)cc2)=NN1c1nc(-c2cccs2)cc(C(F)(F)F)n1. The van der Waals surface area contributed by atoms with E-state index in [1.54, 1.807) is 11.4 Å². The quantitative estimate of drug-likeness (QED) is 0.473. The minimum Gasteiger partial charge on any atom is -0.362 e. The van der Waals surface area contributed by atoms with E-state index in [1.165, 1.54) is 30.3 Å². The van der Waals surface area contributed by atoms with Crippen molar-refractivity contribution in [3.63, 3.8) is 0 Å². The Labute approximate surface area is 185 Å². The summed E-state index contributed by atoms with van der Waals surface area (Å²) in [6, 6.07) is 9.21. The first kappa shape index (κ1) is 22.5. The van der Waals surface area contributed by atoms with Gasteiger partial charge in [0, 0.05) is 5.02 Å². The Bertz CT molecular complexity index is 1160. The number of aromatic nitrogens is 2. The first-order valence-electron chi connectivity index (χ1n) is 8.81. The molecule has 1 aliphatic rings. The van der Waals surface area contributed by atoms with Crippen LogP contribution in [0.4, 0.5) is 32.3 Å². The van der Waals surface area contributed by atoms with Crippen molar-refractivity contribution in [2.75, 3.05) is 5.01 Å². The summed E-state index contributed by atoms with van der Waals surface area (Å²) in [5.74, 6) is -1.04. The van der Waals surface area contributed by atoms with E-state index in [4.69, 9.17) is 11.6 Å². The van der Waals surface area contributed by atoms with Crippen molar-refractivity contribution in [2.24, 2.45) is 5.10 Å². The standard InChI is InChI=1S/C19H11ClF6N4OS/c20-11-5-3-10(4-6-11)13-9-17(31,19(24,25)26)30(29-13)16-27-12(14-2-1-7-32-14)8-15(28-16)18(21,22)23/h1-8,31H,9H2/t17-/m0/s1. The van der Waals surface area contributed by atoms with Gasteiger partial charge in [0.2, 0.25) is 5.95 Å². The molecule has 2 aromatic heterocycles. The lowest BCUT2D eigenvalue weighted by Gasteiger charge is -2.32. The Morgan fingerprint density at radius 2 is 1.72 bits per heavy atom. The Morgan fingerprint density at radius 3 is 2.28 bits per heavy atom. The second-order valence-electron chi connectivity index (χ2n) is 6.77. The predicted octanol–water partition coefficient (Wildman–Crippen LogP) is 5.74. The summed E-state index contributed by atoms with van der Waals surface area (Å²) in [7, 11) is 0. The third-order valence-corrected chi connectivity index (χ3v) is 5.73. The smallest absolute Gasteiger partial charge is 0.362 e. The average Bonchev–Trinajstić information content (AvgIpc) is 3.36. The Balaban J connectivity index is 1.89. The summed E-state index contributed by atoms with van der Waals surface area (Å²) in [5.41, 5.74) is -5.40. The van der Waals surface area contributed by atoms with Crippen LogP contribution in [0.3, 0.4) is 0 Å². The van der Waals surface area contributed by atoms with E-state index in [0.29, 0.717) is 11.1 Å². The fourth-order valence-corrected chi connectivity index (χ4v) is 3.82. The van der Waals surface area contributed by atoms with E-state index in [-0.39, 0.29) is 26.9 Å². The zero-order chi connectivity index (χ0) is 23.3. The molecule has 0 amide bonds. The van der Waals surface area contributed by atoms with Crippen LogP contribution in [-0.4, -0.2) is 32.7 Å². The molecule has 1 atom stereocenters. The Kier molecular flexibility index (Phi) is 5.42. The van der Waals surface area contributed by atoms with Crippen LogP contribution in [0.2, 0.25) is 5.02 Å². The molecule has 0 saturated carbocycles. The summed E-state index contributed by atoms with van der Waals surface area (Å²) < 4.78 is 82.0. The molecule has 1 aliphatic heterocycles. The maximum Gasteiger partial charge on any atom is 0.438 e. The largest absolute Gasteiger partial charge is 0.438 e. The van der Waals surface area contributed by atoms with E-state index in [0.717, 1.165) is 11.3 Å². The van der Waals surface area contributed by atoms with Crippen molar-refractivity contribution in [3.05, 3.63) is 64.1 Å². The van der Waals surface area contributed by atoms with Gasteiger partial charge in [0.1, 0.15) is 0 Å². The second kappa shape index (κ2) is 7.71. The first-order valence-corrected chi connectivity index (χ1v) is 10.1. The molecule has 0 radical (unpaired) electrons. The van der Waals surface area contributed by atoms with Gasteiger partial charge in [-0.15, -0.1) is 11.3 Å². The van der Waals surface area contributed by atoms with Gasteiger partial charge in [-0.05, 0) is 35.2 Å². The number of thiophene rings is 1. The van der Waals surface area contributed by atoms with Gasteiger partial charge in [0.15, 0.2) is 5.69 Å². The predicted molar refractivity (Wildman–Crippen MR) is 106 cm³/mol. The van der Waals surface area contributed by atoms with Crippen LogP contribution in [0.1, 0.15) is 17.7 Å². The van der Waals surface area contributed by atoms with Gasteiger partial charge in [0.25, 0.3) is 5.72 Å². The molecule has 5 nitrogen and oxygen atoms in total. The highest BCUT2D eigenvalue weighted by Gasteiger charge is 2.63. The summed E-state index contributed by atoms with van der Waals surface area (Å²) in [6.07, 6.45) is -11.3. The molecular formula is C19H11ClF6N4OS. The number of aliphatic hydroxyl groups is 1. The molecule has 3 aromatic rings. The van der Waals surface area contributed by atoms with Gasteiger partial charge in [-0.1, -0.05) is 29.8 Å². The molecule has 1 aromatic carbocycles. The van der Waals surface area contributed by atoms with Crippen LogP contribution in [0, 0.1) is 0 Å². The molecule has 0 saturated heterocycles. The van der Waals surface area contributed by atoms with Crippen molar-refractivity contribution in [2.45, 2.75) is 24.5 Å². The second-order valence-corrected chi connectivity index (χ2v) is 8.15. The van der Waals surface area contributed by atoms with Crippen LogP contribution in [0.15, 0.2) is 52.9 Å². The number of benzene rings is 1. The molecule has 168 valence electrons. The third-order valence-electron chi connectivity index (χ3n) is 4.58. The number of hydrogen-bond acceptors (Lipinski definition) is 6. The first-order chi connectivity index (χ1) is 14.9. The monoisotopic (exact) mass is 492 g/mol. The van der Waals surface area contributed by atoms with E-state index < -0.39 is 36.1 Å². The maximum absolute atomic E-state index is 13.9. The minimum absolute atomic E-state index is 0.0106. The molecule has 13 heteroatoms. The fourth-order valence-electron chi connectivity index (χ4n) is 3.00. The Hall–Kier alpha value is -2.70. The number of rotatable bonds is 3. The zero-order valence-corrected chi connectivity index (χ0v) is 17.2. The summed E-state index contributed by atoms with van der Waals surface area (Å²) in [5, 5.41) is 16.2. The van der Waals surface area contributed by atoms with Gasteiger partial charge in [-0.3, -0.25) is 0 Å². The molecule has 0 bridgehead atoms. The van der Waals surface area contributed by atoms with Crippen molar-refractivity contribution in [1.29, 1.82) is 0 Å². The third kappa shape index (κ3) is 4.05. The number of halogens is 7. The van der Waals surface area contributed by atoms with E-state index >= 15 is 0 Å². The molecule has 0 unspecified atom stereocenters. The van der Waals surface area contributed by atoms with Crippen LogP contribution in [0.25, 0.3) is 10.6 Å². The van der Waals surface area contributed by atoms with Crippen LogP contribution < -0.4 is 5.01 Å². The van der Waals surface area contributed by atoms with Gasteiger partial charge in [-0.2, -0.15) is 36.5 Å². The normalized spacial score (nSPS) is 19.4. The average molecular weight is 493 g/mol. The van der Waals surface area contributed by atoms with E-state index in [1.807, 2.05) is 0 Å². The molecule has 0 spiro atoms. The lowest BCUT2D eigenvalue weighted by Crippen LogP contribution is -2.55. The molecule has 0 fully saturated rings. The van der Waals surface area contributed by atoms with Crippen molar-refractivity contribution < 1.29 is 31.4 Å². The lowest BCUT2D eigenvalue weighted by molar-refractivity contribution is -0.254. The molecule has 1 N–H and O–H groups in total. The number of anilines is 1. The van der Waals surface area contributed by atoms with Crippen molar-refractivity contribution >= 4 is 34.6 Å². The number of nitrogens with zero attached hydrogens (tertiary/aromatic N) is 4. The molecule has 32 heavy (non-hydrogen) atoms. The van der Waals surface area contributed by atoms with Gasteiger partial charge in [-0.25, -0.2) is 9.97 Å². The van der Waals surface area contributed by atoms with Gasteiger partial charge < -0.3 is 5.11 Å². The number of hydrazone groups is 1. The lowest BCUT2D eigenvalue weighted by atomic mass is 10.0. The summed E-state index contributed by atoms with van der Waals surface area (Å²) in [4.78, 5) is 7.39. The van der Waals surface area contributed by atoms with E-state index in [2.05, 4.69) is 15.1 Å².